The van der Waals surface area contributed by atoms with Gasteiger partial charge >= 0.3 is 0 Å². The zero-order chi connectivity index (χ0) is 19.7. The minimum absolute atomic E-state index is 0.0194. The molecule has 0 saturated carbocycles. The van der Waals surface area contributed by atoms with Crippen LogP contribution in [0.5, 0.6) is 0 Å². The smallest absolute Gasteiger partial charge is 0.224 e. The zero-order valence-electron chi connectivity index (χ0n) is 16.9. The Labute approximate surface area is 160 Å². The highest BCUT2D eigenvalue weighted by molar-refractivity contribution is 5.96. The van der Waals surface area contributed by atoms with Gasteiger partial charge in [-0.15, -0.1) is 0 Å². The van der Waals surface area contributed by atoms with E-state index < -0.39 is 0 Å². The van der Waals surface area contributed by atoms with E-state index in [1.54, 1.807) is 6.92 Å². The van der Waals surface area contributed by atoms with Gasteiger partial charge in [0.2, 0.25) is 5.91 Å². The van der Waals surface area contributed by atoms with Crippen molar-refractivity contribution in [1.29, 1.82) is 0 Å². The van der Waals surface area contributed by atoms with Crippen LogP contribution in [0.15, 0.2) is 6.20 Å². The molecule has 146 valence electrons. The van der Waals surface area contributed by atoms with Gasteiger partial charge in [-0.3, -0.25) is 19.4 Å². The second-order valence-corrected chi connectivity index (χ2v) is 7.72. The summed E-state index contributed by atoms with van der Waals surface area (Å²) in [5, 5.41) is 11.7. The van der Waals surface area contributed by atoms with Crippen molar-refractivity contribution in [2.24, 2.45) is 0 Å². The van der Waals surface area contributed by atoms with Crippen molar-refractivity contribution >= 4 is 11.7 Å². The van der Waals surface area contributed by atoms with Crippen LogP contribution in [-0.2, 0) is 4.79 Å². The van der Waals surface area contributed by atoms with Gasteiger partial charge in [0.05, 0.1) is 23.5 Å². The number of nitrogens with one attached hydrogen (secondary N) is 1. The van der Waals surface area contributed by atoms with E-state index in [0.717, 1.165) is 37.3 Å². The first-order chi connectivity index (χ1) is 12.8. The lowest BCUT2D eigenvalue weighted by Gasteiger charge is -2.32. The number of hydrogen-bond acceptors (Lipinski definition) is 4. The van der Waals surface area contributed by atoms with Crippen molar-refractivity contribution in [3.8, 4) is 0 Å². The summed E-state index contributed by atoms with van der Waals surface area (Å²) in [4.78, 5) is 26.5. The molecule has 1 saturated heterocycles. The normalized spacial score (nSPS) is 16.6. The average Bonchev–Trinajstić information content (AvgIpc) is 3.17. The molecule has 0 spiro atoms. The van der Waals surface area contributed by atoms with Crippen LogP contribution in [-0.4, -0.2) is 49.7 Å². The molecule has 2 aromatic heterocycles. The molecule has 1 atom stereocenters. The largest absolute Gasteiger partial charge is 0.343 e. The van der Waals surface area contributed by atoms with Crippen LogP contribution in [0.2, 0.25) is 0 Å². The SMILES string of the molecule is CC(=O)c1c(C)nn([C@H](C)CC(=O)N2CCC(c3[nH]ncc3C)CC2)c1C. The molecule has 27 heavy (non-hydrogen) atoms. The zero-order valence-corrected chi connectivity index (χ0v) is 16.9. The first kappa shape index (κ1) is 19.3. The number of carbonyl (C=O) groups is 2. The van der Waals surface area contributed by atoms with E-state index in [0.29, 0.717) is 17.9 Å². The number of likely N-dealkylation sites (tertiary alicyclic amines) is 1. The number of hydrogen-bond donors (Lipinski definition) is 1. The number of amides is 1. The standard InChI is InChI=1S/C20H29N5O2/c1-12-11-21-22-20(12)17-6-8-24(9-7-17)18(27)10-13(2)25-15(4)19(16(5)26)14(3)23-25/h11,13,17H,6-10H2,1-5H3,(H,21,22)/t13-/m1/s1. The molecule has 0 aliphatic carbocycles. The lowest BCUT2D eigenvalue weighted by Crippen LogP contribution is -2.39. The molecule has 2 aromatic rings. The fourth-order valence-corrected chi connectivity index (χ4v) is 4.26. The highest BCUT2D eigenvalue weighted by Crippen LogP contribution is 2.29. The van der Waals surface area contributed by atoms with Crippen LogP contribution in [0.25, 0.3) is 0 Å². The molecule has 0 radical (unpaired) electrons. The molecule has 7 nitrogen and oxygen atoms in total. The molecule has 0 bridgehead atoms. The number of aryl methyl sites for hydroxylation is 2. The van der Waals surface area contributed by atoms with Gasteiger partial charge in [-0.05, 0) is 53.0 Å². The van der Waals surface area contributed by atoms with E-state index in [1.807, 2.05) is 36.5 Å². The monoisotopic (exact) mass is 371 g/mol. The van der Waals surface area contributed by atoms with Gasteiger partial charge in [0, 0.05) is 36.8 Å². The Morgan fingerprint density at radius 3 is 2.44 bits per heavy atom. The van der Waals surface area contributed by atoms with Gasteiger partial charge in [-0.2, -0.15) is 10.2 Å². The summed E-state index contributed by atoms with van der Waals surface area (Å²) in [7, 11) is 0. The van der Waals surface area contributed by atoms with E-state index in [-0.39, 0.29) is 17.7 Å². The molecule has 1 aliphatic heterocycles. The maximum Gasteiger partial charge on any atom is 0.224 e. The molecule has 7 heteroatoms. The highest BCUT2D eigenvalue weighted by atomic mass is 16.2. The molecular formula is C20H29N5O2. The Morgan fingerprint density at radius 2 is 1.93 bits per heavy atom. The summed E-state index contributed by atoms with van der Waals surface area (Å²) in [5.41, 5.74) is 4.64. The second kappa shape index (κ2) is 7.66. The predicted molar refractivity (Wildman–Crippen MR) is 103 cm³/mol. The Morgan fingerprint density at radius 1 is 1.26 bits per heavy atom. The van der Waals surface area contributed by atoms with Gasteiger partial charge < -0.3 is 4.90 Å². The highest BCUT2D eigenvalue weighted by Gasteiger charge is 2.27. The predicted octanol–water partition coefficient (Wildman–Crippen LogP) is 3.09. The van der Waals surface area contributed by atoms with Gasteiger partial charge in [0.1, 0.15) is 0 Å². The van der Waals surface area contributed by atoms with Crippen LogP contribution >= 0.6 is 0 Å². The van der Waals surface area contributed by atoms with Gasteiger partial charge in [-0.25, -0.2) is 0 Å². The van der Waals surface area contributed by atoms with E-state index in [1.165, 1.54) is 11.3 Å². The fourth-order valence-electron chi connectivity index (χ4n) is 4.26. The molecule has 1 fully saturated rings. The maximum absolute atomic E-state index is 12.8. The number of Topliss-reactive ketones (excluding diaryl/α,β-unsaturated/α-hetero) is 1. The summed E-state index contributed by atoms with van der Waals surface area (Å²) >= 11 is 0. The van der Waals surface area contributed by atoms with Crippen molar-refractivity contribution in [3.63, 3.8) is 0 Å². The second-order valence-electron chi connectivity index (χ2n) is 7.72. The van der Waals surface area contributed by atoms with Crippen molar-refractivity contribution < 1.29 is 9.59 Å². The van der Waals surface area contributed by atoms with Crippen LogP contribution in [0.4, 0.5) is 0 Å². The summed E-state index contributed by atoms with van der Waals surface area (Å²) in [6.07, 6.45) is 4.17. The van der Waals surface area contributed by atoms with E-state index >= 15 is 0 Å². The number of nitrogens with zero attached hydrogens (tertiary/aromatic N) is 4. The van der Waals surface area contributed by atoms with Crippen molar-refractivity contribution in [3.05, 3.63) is 34.4 Å². The van der Waals surface area contributed by atoms with Crippen molar-refractivity contribution in [1.82, 2.24) is 24.9 Å². The number of carbonyl (C=O) groups excluding carboxylic acids is 2. The Bertz CT molecular complexity index is 843. The van der Waals surface area contributed by atoms with Crippen molar-refractivity contribution in [2.45, 2.75) is 65.8 Å². The number of aromatic nitrogens is 4. The van der Waals surface area contributed by atoms with E-state index in [4.69, 9.17) is 0 Å². The summed E-state index contributed by atoms with van der Waals surface area (Å²) < 4.78 is 1.82. The Kier molecular flexibility index (Phi) is 5.48. The van der Waals surface area contributed by atoms with Crippen LogP contribution in [0, 0.1) is 20.8 Å². The third-order valence-electron chi connectivity index (χ3n) is 5.69. The fraction of sp³-hybridized carbons (Fsp3) is 0.600. The molecule has 3 rings (SSSR count). The van der Waals surface area contributed by atoms with Crippen molar-refractivity contribution in [2.75, 3.05) is 13.1 Å². The lowest BCUT2D eigenvalue weighted by molar-refractivity contribution is -0.133. The third kappa shape index (κ3) is 3.82. The van der Waals surface area contributed by atoms with E-state index in [9.17, 15) is 9.59 Å². The Hall–Kier alpha value is -2.44. The quantitative estimate of drug-likeness (QED) is 0.819. The Balaban J connectivity index is 1.61. The first-order valence-electron chi connectivity index (χ1n) is 9.63. The number of ketones is 1. The van der Waals surface area contributed by atoms with Crippen LogP contribution in [0.1, 0.15) is 78.1 Å². The minimum Gasteiger partial charge on any atom is -0.343 e. The third-order valence-corrected chi connectivity index (χ3v) is 5.69. The maximum atomic E-state index is 12.8. The molecule has 0 unspecified atom stereocenters. The van der Waals surface area contributed by atoms with Gasteiger partial charge in [-0.1, -0.05) is 0 Å². The number of rotatable bonds is 5. The van der Waals surface area contributed by atoms with Crippen LogP contribution in [0.3, 0.4) is 0 Å². The lowest BCUT2D eigenvalue weighted by atomic mass is 9.91. The summed E-state index contributed by atoms with van der Waals surface area (Å²) in [6.45, 7) is 10.9. The van der Waals surface area contributed by atoms with Gasteiger partial charge in [0.25, 0.3) is 0 Å². The average molecular weight is 371 g/mol. The van der Waals surface area contributed by atoms with Gasteiger partial charge in [0.15, 0.2) is 5.78 Å². The minimum atomic E-state index is -0.0723. The summed E-state index contributed by atoms with van der Waals surface area (Å²) in [6, 6.07) is -0.0723. The van der Waals surface area contributed by atoms with E-state index in [2.05, 4.69) is 22.2 Å². The number of aromatic amines is 1. The molecule has 0 aromatic carbocycles. The molecule has 1 N–H and O–H groups in total. The molecule has 1 amide bonds. The molecular weight excluding hydrogens is 342 g/mol. The number of H-pyrrole nitrogens is 1. The van der Waals surface area contributed by atoms with Crippen LogP contribution < -0.4 is 0 Å². The number of piperidine rings is 1. The first-order valence-corrected chi connectivity index (χ1v) is 9.63. The topological polar surface area (TPSA) is 83.9 Å². The molecule has 3 heterocycles. The summed E-state index contributed by atoms with van der Waals surface area (Å²) in [5.74, 6) is 0.619. The molecule has 1 aliphatic rings.